The highest BCUT2D eigenvalue weighted by Gasteiger charge is 2.12. The van der Waals surface area contributed by atoms with Gasteiger partial charge in [-0.3, -0.25) is 4.79 Å². The van der Waals surface area contributed by atoms with Gasteiger partial charge in [-0.25, -0.2) is 4.98 Å². The monoisotopic (exact) mass is 354 g/mol. The Labute approximate surface area is 149 Å². The van der Waals surface area contributed by atoms with E-state index in [9.17, 15) is 4.79 Å². The van der Waals surface area contributed by atoms with Gasteiger partial charge in [0, 0.05) is 30.5 Å². The molecule has 1 amide bonds. The Kier molecular flexibility index (Phi) is 5.25. The topological polar surface area (TPSA) is 68.5 Å². The van der Waals surface area contributed by atoms with Crippen molar-refractivity contribution in [3.63, 3.8) is 0 Å². The number of rotatable bonds is 5. The number of aryl methyl sites for hydroxylation is 1. The second-order valence-corrected chi connectivity index (χ2v) is 6.07. The second kappa shape index (κ2) is 7.76. The minimum absolute atomic E-state index is 0.334. The first kappa shape index (κ1) is 16.9. The first-order valence-corrected chi connectivity index (χ1v) is 8.69. The first-order chi connectivity index (χ1) is 12.2. The number of amides is 1. The summed E-state index contributed by atoms with van der Waals surface area (Å²) in [6.07, 6.45) is 3.50. The van der Waals surface area contributed by atoms with Crippen LogP contribution in [0.5, 0.6) is 5.75 Å². The normalized spacial score (nSPS) is 11.4. The molecule has 2 aromatic heterocycles. The van der Waals surface area contributed by atoms with Crippen molar-refractivity contribution in [1.82, 2.24) is 9.55 Å². The van der Waals surface area contributed by atoms with Crippen molar-refractivity contribution in [1.29, 1.82) is 0 Å². The lowest BCUT2D eigenvalue weighted by molar-refractivity contribution is 0.0998. The van der Waals surface area contributed by atoms with Gasteiger partial charge in [-0.1, -0.05) is 0 Å². The van der Waals surface area contributed by atoms with Gasteiger partial charge in [0.15, 0.2) is 4.80 Å². The van der Waals surface area contributed by atoms with Crippen molar-refractivity contribution < 1.29 is 9.53 Å². The molecule has 25 heavy (non-hydrogen) atoms. The van der Waals surface area contributed by atoms with Crippen molar-refractivity contribution in [3.8, 4) is 5.75 Å². The van der Waals surface area contributed by atoms with E-state index < -0.39 is 0 Å². The van der Waals surface area contributed by atoms with Gasteiger partial charge in [0.2, 0.25) is 0 Å². The number of carbonyl (C=O) groups excluding carboxylic acids is 1. The van der Waals surface area contributed by atoms with E-state index >= 15 is 0 Å². The summed E-state index contributed by atoms with van der Waals surface area (Å²) < 4.78 is 7.23. The van der Waals surface area contributed by atoms with Crippen LogP contribution in [0.3, 0.4) is 0 Å². The predicted octanol–water partition coefficient (Wildman–Crippen LogP) is 3.37. The minimum Gasteiger partial charge on any atom is -0.494 e. The lowest BCUT2D eigenvalue weighted by atomic mass is 10.2. The Balaban J connectivity index is 1.86. The van der Waals surface area contributed by atoms with Gasteiger partial charge in [-0.15, -0.1) is 11.3 Å². The van der Waals surface area contributed by atoms with E-state index in [2.05, 4.69) is 15.3 Å². The van der Waals surface area contributed by atoms with Gasteiger partial charge in [-0.2, -0.15) is 4.99 Å². The molecule has 0 bridgehead atoms. The molecule has 6 nitrogen and oxygen atoms in total. The maximum Gasteiger partial charge on any atom is 0.283 e. The van der Waals surface area contributed by atoms with Crippen LogP contribution in [0.4, 0.5) is 11.5 Å². The first-order valence-electron chi connectivity index (χ1n) is 7.81. The number of carbonyl (C=O) groups is 1. The highest BCUT2D eigenvalue weighted by molar-refractivity contribution is 7.07. The van der Waals surface area contributed by atoms with Crippen LogP contribution in [0, 0.1) is 0 Å². The number of benzene rings is 1. The Morgan fingerprint density at radius 2 is 2.12 bits per heavy atom. The fourth-order valence-corrected chi connectivity index (χ4v) is 2.93. The Hall–Kier alpha value is -2.93. The molecule has 2 heterocycles. The number of hydrogen-bond acceptors (Lipinski definition) is 5. The third-order valence-corrected chi connectivity index (χ3v) is 4.27. The molecular formula is C18H18N4O2S. The molecule has 0 atom stereocenters. The van der Waals surface area contributed by atoms with Gasteiger partial charge < -0.3 is 14.6 Å². The summed E-state index contributed by atoms with van der Waals surface area (Å²) in [6, 6.07) is 10.9. The maximum absolute atomic E-state index is 12.5. The number of hydrogen-bond donors (Lipinski definition) is 1. The molecule has 0 aliphatic rings. The summed E-state index contributed by atoms with van der Waals surface area (Å²) in [5, 5.41) is 5.05. The third-order valence-electron chi connectivity index (χ3n) is 3.42. The van der Waals surface area contributed by atoms with Gasteiger partial charge in [0.05, 0.1) is 12.2 Å². The average molecular weight is 354 g/mol. The van der Waals surface area contributed by atoms with Crippen LogP contribution in [-0.4, -0.2) is 22.1 Å². The van der Waals surface area contributed by atoms with E-state index in [1.54, 1.807) is 22.9 Å². The molecule has 7 heteroatoms. The summed E-state index contributed by atoms with van der Waals surface area (Å²) in [5.74, 6) is 0.935. The molecule has 3 rings (SSSR count). The maximum atomic E-state index is 12.5. The van der Waals surface area contributed by atoms with Crippen LogP contribution in [0.2, 0.25) is 0 Å². The Morgan fingerprint density at radius 1 is 1.32 bits per heavy atom. The molecule has 128 valence electrons. The molecule has 3 aromatic rings. The fourth-order valence-electron chi connectivity index (χ4n) is 2.20. The summed E-state index contributed by atoms with van der Waals surface area (Å²) in [5.41, 5.74) is 1.24. The highest BCUT2D eigenvalue weighted by atomic mass is 32.1. The van der Waals surface area contributed by atoms with Crippen LogP contribution in [0.15, 0.2) is 59.2 Å². The van der Waals surface area contributed by atoms with Crippen LogP contribution in [-0.2, 0) is 7.05 Å². The summed E-state index contributed by atoms with van der Waals surface area (Å²) in [4.78, 5) is 21.6. The molecular weight excluding hydrogens is 336 g/mol. The quantitative estimate of drug-likeness (QED) is 0.763. The summed E-state index contributed by atoms with van der Waals surface area (Å²) >= 11 is 1.41. The van der Waals surface area contributed by atoms with Gasteiger partial charge in [-0.05, 0) is 43.3 Å². The molecule has 1 aromatic carbocycles. The van der Waals surface area contributed by atoms with Crippen molar-refractivity contribution in [2.24, 2.45) is 12.0 Å². The van der Waals surface area contributed by atoms with E-state index in [1.165, 1.54) is 11.3 Å². The van der Waals surface area contributed by atoms with Crippen molar-refractivity contribution in [3.05, 3.63) is 64.5 Å². The summed E-state index contributed by atoms with van der Waals surface area (Å²) in [6.45, 7) is 2.56. The minimum atomic E-state index is -0.334. The van der Waals surface area contributed by atoms with Crippen molar-refractivity contribution in [2.45, 2.75) is 6.92 Å². The zero-order valence-corrected chi connectivity index (χ0v) is 14.8. The smallest absolute Gasteiger partial charge is 0.283 e. The lowest BCUT2D eigenvalue weighted by Crippen LogP contribution is -2.13. The molecule has 0 aliphatic carbocycles. The van der Waals surface area contributed by atoms with E-state index in [1.807, 2.05) is 49.8 Å². The van der Waals surface area contributed by atoms with Crippen LogP contribution >= 0.6 is 11.3 Å². The SMILES string of the molecule is CCOc1ccc(Nc2ncccc2C(=O)N=c2sccn2C)cc1. The molecule has 0 aliphatic heterocycles. The zero-order valence-electron chi connectivity index (χ0n) is 14.0. The number of nitrogens with zero attached hydrogens (tertiary/aromatic N) is 3. The molecule has 0 saturated carbocycles. The third kappa shape index (κ3) is 4.13. The van der Waals surface area contributed by atoms with Crippen molar-refractivity contribution in [2.75, 3.05) is 11.9 Å². The van der Waals surface area contributed by atoms with E-state index in [4.69, 9.17) is 4.74 Å². The predicted molar refractivity (Wildman–Crippen MR) is 98.3 cm³/mol. The second-order valence-electron chi connectivity index (χ2n) is 5.20. The van der Waals surface area contributed by atoms with E-state index in [-0.39, 0.29) is 5.91 Å². The average Bonchev–Trinajstić information content (AvgIpc) is 3.02. The molecule has 0 saturated heterocycles. The van der Waals surface area contributed by atoms with E-state index in [0.717, 1.165) is 11.4 Å². The molecule has 1 N–H and O–H groups in total. The number of ether oxygens (including phenoxy) is 1. The van der Waals surface area contributed by atoms with Crippen LogP contribution < -0.4 is 14.9 Å². The molecule has 0 spiro atoms. The number of thiazole rings is 1. The number of nitrogens with one attached hydrogen (secondary N) is 1. The zero-order chi connectivity index (χ0) is 17.6. The van der Waals surface area contributed by atoms with Gasteiger partial charge in [0.1, 0.15) is 11.6 Å². The number of aromatic nitrogens is 2. The standard InChI is InChI=1S/C18H18N4O2S/c1-3-24-14-8-6-13(7-9-14)20-16-15(5-4-10-19-16)17(23)21-18-22(2)11-12-25-18/h4-12H,3H2,1-2H3,(H,19,20). The molecule has 0 fully saturated rings. The fraction of sp³-hybridized carbons (Fsp3) is 0.167. The lowest BCUT2D eigenvalue weighted by Gasteiger charge is -2.09. The van der Waals surface area contributed by atoms with Crippen molar-refractivity contribution >= 4 is 28.7 Å². The number of anilines is 2. The van der Waals surface area contributed by atoms with E-state index in [0.29, 0.717) is 22.8 Å². The van der Waals surface area contributed by atoms with Crippen LogP contribution in [0.25, 0.3) is 0 Å². The molecule has 0 radical (unpaired) electrons. The highest BCUT2D eigenvalue weighted by Crippen LogP contribution is 2.21. The molecule has 0 unspecified atom stereocenters. The van der Waals surface area contributed by atoms with Crippen LogP contribution in [0.1, 0.15) is 17.3 Å². The number of pyridine rings is 1. The van der Waals surface area contributed by atoms with Gasteiger partial charge >= 0.3 is 0 Å². The Morgan fingerprint density at radius 3 is 2.80 bits per heavy atom. The Bertz CT molecular complexity index is 929. The largest absolute Gasteiger partial charge is 0.494 e. The summed E-state index contributed by atoms with van der Waals surface area (Å²) in [7, 11) is 1.85. The van der Waals surface area contributed by atoms with Gasteiger partial charge in [0.25, 0.3) is 5.91 Å².